The van der Waals surface area contributed by atoms with Crippen LogP contribution in [0.5, 0.6) is 0 Å². The molecule has 4 nitrogen and oxygen atoms in total. The van der Waals surface area contributed by atoms with Crippen LogP contribution < -0.4 is 10.8 Å². The third-order valence-corrected chi connectivity index (χ3v) is 2.66. The third kappa shape index (κ3) is 3.01. The van der Waals surface area contributed by atoms with Crippen molar-refractivity contribution in [3.05, 3.63) is 59.7 Å². The lowest BCUT2D eigenvalue weighted by atomic mass is 9.80. The van der Waals surface area contributed by atoms with Gasteiger partial charge in [-0.05, 0) is 29.7 Å². The van der Waals surface area contributed by atoms with Crippen LogP contribution in [0.4, 0.5) is 14.5 Å². The molecule has 0 saturated carbocycles. The highest BCUT2D eigenvalue weighted by Gasteiger charge is 2.17. The number of amides is 1. The van der Waals surface area contributed by atoms with Gasteiger partial charge in [-0.2, -0.15) is 0 Å². The van der Waals surface area contributed by atoms with Crippen LogP contribution in [0.3, 0.4) is 0 Å². The summed E-state index contributed by atoms with van der Waals surface area (Å²) in [6, 6.07) is 8.63. The lowest BCUT2D eigenvalue weighted by Gasteiger charge is -2.08. The van der Waals surface area contributed by atoms with Crippen molar-refractivity contribution in [1.29, 1.82) is 0 Å². The zero-order chi connectivity index (χ0) is 14.7. The van der Waals surface area contributed by atoms with E-state index in [0.29, 0.717) is 0 Å². The molecule has 0 heterocycles. The van der Waals surface area contributed by atoms with Gasteiger partial charge in [0.1, 0.15) is 11.6 Å². The van der Waals surface area contributed by atoms with Crippen molar-refractivity contribution < 1.29 is 23.6 Å². The van der Waals surface area contributed by atoms with E-state index in [-0.39, 0.29) is 16.7 Å². The van der Waals surface area contributed by atoms with Crippen LogP contribution in [-0.4, -0.2) is 23.1 Å². The quantitative estimate of drug-likeness (QED) is 0.730. The lowest BCUT2D eigenvalue weighted by molar-refractivity contribution is 0.102. The largest absolute Gasteiger partial charge is 0.488 e. The van der Waals surface area contributed by atoms with E-state index < -0.39 is 24.7 Å². The molecule has 102 valence electrons. The van der Waals surface area contributed by atoms with E-state index in [9.17, 15) is 13.6 Å². The number of carbonyl (C=O) groups is 1. The summed E-state index contributed by atoms with van der Waals surface area (Å²) in [7, 11) is -1.83. The number of benzene rings is 2. The zero-order valence-corrected chi connectivity index (χ0v) is 10.2. The molecule has 20 heavy (non-hydrogen) atoms. The van der Waals surface area contributed by atoms with Crippen LogP contribution in [0.25, 0.3) is 0 Å². The van der Waals surface area contributed by atoms with Gasteiger partial charge in [0.15, 0.2) is 0 Å². The van der Waals surface area contributed by atoms with Crippen LogP contribution in [0.15, 0.2) is 42.5 Å². The van der Waals surface area contributed by atoms with Crippen LogP contribution in [0, 0.1) is 11.6 Å². The Labute approximate surface area is 113 Å². The van der Waals surface area contributed by atoms with Crippen LogP contribution in [-0.2, 0) is 0 Å². The Balaban J connectivity index is 2.24. The van der Waals surface area contributed by atoms with E-state index >= 15 is 0 Å². The van der Waals surface area contributed by atoms with Gasteiger partial charge in [0.25, 0.3) is 5.91 Å². The molecule has 0 fully saturated rings. The first-order chi connectivity index (χ1) is 9.49. The topological polar surface area (TPSA) is 69.6 Å². The van der Waals surface area contributed by atoms with Gasteiger partial charge in [0, 0.05) is 0 Å². The number of para-hydroxylation sites is 1. The molecule has 0 saturated heterocycles. The first-order valence-electron chi connectivity index (χ1n) is 5.70. The number of nitrogens with one attached hydrogen (secondary N) is 1. The molecule has 0 aromatic heterocycles. The number of halogens is 2. The number of anilines is 1. The Hall–Kier alpha value is -2.25. The Morgan fingerprint density at radius 3 is 2.35 bits per heavy atom. The maximum atomic E-state index is 13.7. The van der Waals surface area contributed by atoms with Crippen molar-refractivity contribution >= 4 is 24.2 Å². The van der Waals surface area contributed by atoms with Crippen LogP contribution in [0.2, 0.25) is 0 Å². The van der Waals surface area contributed by atoms with Crippen molar-refractivity contribution in [2.75, 3.05) is 5.32 Å². The predicted octanol–water partition coefficient (Wildman–Crippen LogP) is 0.897. The first kappa shape index (κ1) is 14.2. The zero-order valence-electron chi connectivity index (χ0n) is 10.2. The molecule has 0 radical (unpaired) electrons. The van der Waals surface area contributed by atoms with Crippen molar-refractivity contribution in [1.82, 2.24) is 0 Å². The maximum absolute atomic E-state index is 13.7. The highest BCUT2D eigenvalue weighted by atomic mass is 19.1. The van der Waals surface area contributed by atoms with E-state index in [1.54, 1.807) is 0 Å². The van der Waals surface area contributed by atoms with Gasteiger partial charge in [0.05, 0.1) is 11.3 Å². The normalized spacial score (nSPS) is 10.2. The molecule has 2 aromatic rings. The van der Waals surface area contributed by atoms with Gasteiger partial charge in [0.2, 0.25) is 0 Å². The second-order valence-electron chi connectivity index (χ2n) is 4.05. The van der Waals surface area contributed by atoms with Crippen molar-refractivity contribution in [3.63, 3.8) is 0 Å². The van der Waals surface area contributed by atoms with Gasteiger partial charge in [-0.15, -0.1) is 0 Å². The fourth-order valence-electron chi connectivity index (χ4n) is 1.63. The molecule has 0 bridgehead atoms. The Morgan fingerprint density at radius 2 is 1.75 bits per heavy atom. The smallest absolute Gasteiger partial charge is 0.423 e. The fraction of sp³-hybridized carbons (Fsp3) is 0. The van der Waals surface area contributed by atoms with E-state index in [1.165, 1.54) is 24.3 Å². The Morgan fingerprint density at radius 1 is 1.05 bits per heavy atom. The average molecular weight is 277 g/mol. The first-order valence-corrected chi connectivity index (χ1v) is 5.70. The van der Waals surface area contributed by atoms with Gasteiger partial charge in [-0.1, -0.05) is 18.2 Å². The molecule has 7 heteroatoms. The molecule has 2 aromatic carbocycles. The van der Waals surface area contributed by atoms with Crippen molar-refractivity contribution in [2.45, 2.75) is 0 Å². The molecular weight excluding hydrogens is 267 g/mol. The minimum Gasteiger partial charge on any atom is -0.423 e. The van der Waals surface area contributed by atoms with E-state index in [1.807, 2.05) is 0 Å². The summed E-state index contributed by atoms with van der Waals surface area (Å²) < 4.78 is 27.0. The third-order valence-electron chi connectivity index (χ3n) is 2.66. The summed E-state index contributed by atoms with van der Waals surface area (Å²) in [6.07, 6.45) is 0. The SMILES string of the molecule is O=C(Nc1ccccc1F)c1ccc(B(O)O)cc1F. The number of hydrogen-bond acceptors (Lipinski definition) is 3. The van der Waals surface area contributed by atoms with E-state index in [0.717, 1.165) is 18.2 Å². The minimum atomic E-state index is -1.83. The molecular formula is C13H10BF2NO3. The van der Waals surface area contributed by atoms with Crippen LogP contribution >= 0.6 is 0 Å². The Kier molecular flexibility index (Phi) is 4.12. The standard InChI is InChI=1S/C13H10BF2NO3/c15-10-3-1-2-4-12(10)17-13(18)9-6-5-8(14(19)20)7-11(9)16/h1-7,19-20H,(H,17,18). The Bertz CT molecular complexity index is 649. The minimum absolute atomic E-state index is 0.0665. The van der Waals surface area contributed by atoms with Crippen molar-refractivity contribution in [3.8, 4) is 0 Å². The second-order valence-corrected chi connectivity index (χ2v) is 4.05. The van der Waals surface area contributed by atoms with Crippen molar-refractivity contribution in [2.24, 2.45) is 0 Å². The highest BCUT2D eigenvalue weighted by Crippen LogP contribution is 2.15. The van der Waals surface area contributed by atoms with E-state index in [4.69, 9.17) is 10.0 Å². The average Bonchev–Trinajstić information content (AvgIpc) is 2.41. The summed E-state index contributed by atoms with van der Waals surface area (Å²) in [5.74, 6) is -2.39. The van der Waals surface area contributed by atoms with E-state index in [2.05, 4.69) is 5.32 Å². The summed E-state index contributed by atoms with van der Waals surface area (Å²) in [4.78, 5) is 11.8. The fourth-order valence-corrected chi connectivity index (χ4v) is 1.63. The molecule has 1 amide bonds. The highest BCUT2D eigenvalue weighted by molar-refractivity contribution is 6.58. The monoisotopic (exact) mass is 277 g/mol. The lowest BCUT2D eigenvalue weighted by Crippen LogP contribution is -2.30. The molecule has 0 aliphatic carbocycles. The molecule has 0 atom stereocenters. The summed E-state index contributed by atoms with van der Waals surface area (Å²) in [5.41, 5.74) is -0.467. The number of rotatable bonds is 3. The maximum Gasteiger partial charge on any atom is 0.488 e. The summed E-state index contributed by atoms with van der Waals surface area (Å²) in [6.45, 7) is 0. The predicted molar refractivity (Wildman–Crippen MR) is 70.6 cm³/mol. The van der Waals surface area contributed by atoms with Gasteiger partial charge in [-0.25, -0.2) is 8.78 Å². The molecule has 0 aliphatic rings. The van der Waals surface area contributed by atoms with Gasteiger partial charge in [-0.3, -0.25) is 4.79 Å². The second kappa shape index (κ2) is 5.81. The molecule has 3 N–H and O–H groups in total. The summed E-state index contributed by atoms with van der Waals surface area (Å²) >= 11 is 0. The van der Waals surface area contributed by atoms with Gasteiger partial charge >= 0.3 is 7.12 Å². The summed E-state index contributed by atoms with van der Waals surface area (Å²) in [5, 5.41) is 20.0. The van der Waals surface area contributed by atoms with Crippen LogP contribution in [0.1, 0.15) is 10.4 Å². The molecule has 0 aliphatic heterocycles. The number of hydrogen-bond donors (Lipinski definition) is 3. The molecule has 2 rings (SSSR count). The molecule has 0 unspecified atom stereocenters. The number of carbonyl (C=O) groups excluding carboxylic acids is 1. The van der Waals surface area contributed by atoms with Gasteiger partial charge < -0.3 is 15.4 Å². The molecule has 0 spiro atoms.